The zero-order chi connectivity index (χ0) is 32.8. The van der Waals surface area contributed by atoms with Crippen LogP contribution < -0.4 is 17.0 Å². The molecule has 8 N–H and O–H groups in total. The number of fused-ring (bicyclic) bond motifs is 5. The van der Waals surface area contributed by atoms with Crippen LogP contribution in [0, 0.1) is 11.3 Å². The molecule has 20 nitrogen and oxygen atoms in total. The standard InChI is InChI=1S/C23H30N10O10P2S/c1-9-11-4-39-45(38,46)43-16-14(34)10(32-7-28-12-17(24)26-6-27-18(12)32)3-23(16,2)5-40-44(36,37)42-15(9)21(41-11)33-8-29-13-19(33)30-22(25)31-20(13)35/h6-11,14-16,21,34H,3-5H2,1-2H3,(H,36,37)(H,38,46)(H2,24,26,27)(H3,25,30,31,35)/t9-,10-,11-,14+,15-,16+,21-,23-,45?/m1/s1. The zero-order valence-electron chi connectivity index (χ0n) is 24.2. The number of phosphoric ester groups is 1. The number of rotatable bonds is 2. The van der Waals surface area contributed by atoms with Crippen LogP contribution in [0.15, 0.2) is 23.8 Å². The lowest BCUT2D eigenvalue weighted by Crippen LogP contribution is -2.39. The molecule has 0 spiro atoms. The molecule has 2 aliphatic heterocycles. The van der Waals surface area contributed by atoms with Crippen molar-refractivity contribution in [2.24, 2.45) is 11.3 Å². The quantitative estimate of drug-likeness (QED) is 0.151. The SMILES string of the molecule is C[C@H]1[C@H]2OP(=O)(O)OC[C@@]3(C)C[C@@H](n4cnc5c(N)ncnc54)[C@H](O)[C@@H]3OP(O)(=S)OC[C@H]1O[C@H]2n1cnc2c(=O)[nH]c(N)nc21. The summed E-state index contributed by atoms with van der Waals surface area (Å²) in [7, 11) is -4.86. The van der Waals surface area contributed by atoms with Gasteiger partial charge in [0.25, 0.3) is 5.56 Å². The Morgan fingerprint density at radius 1 is 1.09 bits per heavy atom. The van der Waals surface area contributed by atoms with Crippen molar-refractivity contribution in [3.8, 4) is 0 Å². The van der Waals surface area contributed by atoms with E-state index in [4.69, 9.17) is 46.1 Å². The number of phosphoric acid groups is 1. The Kier molecular flexibility index (Phi) is 7.61. The van der Waals surface area contributed by atoms with Crippen molar-refractivity contribution in [3.05, 3.63) is 29.3 Å². The van der Waals surface area contributed by atoms with Crippen LogP contribution in [-0.2, 0) is 39.2 Å². The molecule has 7 rings (SSSR count). The number of nitrogens with zero attached hydrogens (tertiary/aromatic N) is 7. The summed E-state index contributed by atoms with van der Waals surface area (Å²) in [4.78, 5) is 57.6. The van der Waals surface area contributed by atoms with Crippen molar-refractivity contribution < 1.29 is 42.3 Å². The van der Waals surface area contributed by atoms with Gasteiger partial charge in [0.15, 0.2) is 28.9 Å². The second kappa shape index (κ2) is 11.1. The van der Waals surface area contributed by atoms with Crippen molar-refractivity contribution in [2.75, 3.05) is 24.7 Å². The lowest BCUT2D eigenvalue weighted by Gasteiger charge is -2.34. The molecule has 4 aromatic rings. The van der Waals surface area contributed by atoms with Crippen LogP contribution in [0.1, 0.15) is 32.5 Å². The lowest BCUT2D eigenvalue weighted by atomic mass is 9.87. The van der Waals surface area contributed by atoms with Crippen molar-refractivity contribution >= 4 is 60.4 Å². The van der Waals surface area contributed by atoms with E-state index in [0.29, 0.717) is 11.2 Å². The minimum absolute atomic E-state index is 0.0411. The second-order valence-corrected chi connectivity index (χ2v) is 16.0. The van der Waals surface area contributed by atoms with E-state index in [1.54, 1.807) is 18.4 Å². The Hall–Kier alpha value is -2.94. The summed E-state index contributed by atoms with van der Waals surface area (Å²) in [5, 5.41) is 11.6. The summed E-state index contributed by atoms with van der Waals surface area (Å²) >= 11 is 5.36. The lowest BCUT2D eigenvalue weighted by molar-refractivity contribution is -0.0653. The first-order valence-electron chi connectivity index (χ1n) is 14.0. The Morgan fingerprint density at radius 2 is 1.83 bits per heavy atom. The van der Waals surface area contributed by atoms with Gasteiger partial charge in [-0.15, -0.1) is 0 Å². The Bertz CT molecular complexity index is 1990. The van der Waals surface area contributed by atoms with Crippen molar-refractivity contribution in [2.45, 2.75) is 57.0 Å². The third-order valence-electron chi connectivity index (χ3n) is 8.70. The van der Waals surface area contributed by atoms with Gasteiger partial charge >= 0.3 is 14.5 Å². The molecule has 1 saturated carbocycles. The first-order chi connectivity index (χ1) is 21.7. The van der Waals surface area contributed by atoms with E-state index in [1.165, 1.54) is 23.5 Å². The van der Waals surface area contributed by atoms with Gasteiger partial charge in [-0.05, 0) is 18.2 Å². The minimum atomic E-state index is -4.86. The first-order valence-corrected chi connectivity index (χ1v) is 18.1. The van der Waals surface area contributed by atoms with E-state index >= 15 is 0 Å². The second-order valence-electron chi connectivity index (χ2n) is 11.8. The number of hydrogen-bond donors (Lipinski definition) is 6. The van der Waals surface area contributed by atoms with Crippen LogP contribution in [0.5, 0.6) is 0 Å². The number of aromatic nitrogens is 8. The van der Waals surface area contributed by atoms with Gasteiger partial charge in [0.05, 0.1) is 38.0 Å². The topological polar surface area (TPSA) is 283 Å². The smallest absolute Gasteiger partial charge is 0.388 e. The molecule has 10 atom stereocenters. The van der Waals surface area contributed by atoms with E-state index in [9.17, 15) is 24.3 Å². The highest BCUT2D eigenvalue weighted by Gasteiger charge is 2.56. The molecular weight excluding hydrogens is 670 g/mol. The normalized spacial score (nSPS) is 38.8. The van der Waals surface area contributed by atoms with Gasteiger partial charge < -0.3 is 44.7 Å². The molecular formula is C23H30N10O10P2S. The van der Waals surface area contributed by atoms with Crippen LogP contribution in [0.4, 0.5) is 11.8 Å². The molecule has 3 aliphatic rings. The first kappa shape index (κ1) is 31.6. The zero-order valence-corrected chi connectivity index (χ0v) is 26.8. The van der Waals surface area contributed by atoms with Crippen LogP contribution in [0.3, 0.4) is 0 Å². The molecule has 2 saturated heterocycles. The number of imidazole rings is 2. The average molecular weight is 701 g/mol. The highest BCUT2D eigenvalue weighted by molar-refractivity contribution is 8.07. The summed E-state index contributed by atoms with van der Waals surface area (Å²) in [6, 6.07) is -0.763. The molecule has 248 valence electrons. The maximum atomic E-state index is 13.5. The molecule has 23 heteroatoms. The summed E-state index contributed by atoms with van der Waals surface area (Å²) in [5.41, 5.74) is 10.5. The van der Waals surface area contributed by atoms with Gasteiger partial charge in [0.1, 0.15) is 30.2 Å². The predicted molar refractivity (Wildman–Crippen MR) is 161 cm³/mol. The van der Waals surface area contributed by atoms with E-state index in [2.05, 4.69) is 29.9 Å². The summed E-state index contributed by atoms with van der Waals surface area (Å²) in [6.07, 6.45) is -1.72. The van der Waals surface area contributed by atoms with Gasteiger partial charge in [0.2, 0.25) is 5.95 Å². The number of aromatic amines is 1. The van der Waals surface area contributed by atoms with Gasteiger partial charge in [-0.25, -0.2) is 24.5 Å². The Morgan fingerprint density at radius 3 is 2.61 bits per heavy atom. The third-order valence-corrected chi connectivity index (χ3v) is 11.2. The van der Waals surface area contributed by atoms with Gasteiger partial charge in [0, 0.05) is 11.3 Å². The molecule has 0 radical (unpaired) electrons. The van der Waals surface area contributed by atoms with E-state index < -0.39 is 74.7 Å². The van der Waals surface area contributed by atoms with Crippen LogP contribution in [0.25, 0.3) is 22.3 Å². The number of ether oxygens (including phenoxy) is 1. The summed E-state index contributed by atoms with van der Waals surface area (Å²) < 4.78 is 45.6. The fourth-order valence-electron chi connectivity index (χ4n) is 6.33. The Labute approximate surface area is 263 Å². The number of H-pyrrole nitrogens is 1. The molecule has 0 amide bonds. The van der Waals surface area contributed by atoms with Gasteiger partial charge in [-0.2, -0.15) is 4.98 Å². The molecule has 4 aromatic heterocycles. The van der Waals surface area contributed by atoms with E-state index in [1.807, 2.05) is 0 Å². The molecule has 0 aromatic carbocycles. The highest BCUT2D eigenvalue weighted by atomic mass is 32.5. The molecule has 3 fully saturated rings. The number of anilines is 2. The Balaban J connectivity index is 1.23. The number of nitrogens with two attached hydrogens (primary N) is 2. The van der Waals surface area contributed by atoms with Crippen molar-refractivity contribution in [1.29, 1.82) is 0 Å². The van der Waals surface area contributed by atoms with Gasteiger partial charge in [-0.3, -0.25) is 23.4 Å². The summed E-state index contributed by atoms with van der Waals surface area (Å²) in [6.45, 7) is -1.57. The number of aliphatic hydroxyl groups excluding tert-OH is 1. The highest BCUT2D eigenvalue weighted by Crippen LogP contribution is 2.59. The van der Waals surface area contributed by atoms with E-state index in [0.717, 1.165) is 0 Å². The summed E-state index contributed by atoms with van der Waals surface area (Å²) in [5.74, 6) is -0.699. The van der Waals surface area contributed by atoms with Crippen LogP contribution >= 0.6 is 14.5 Å². The molecule has 1 aliphatic carbocycles. The fraction of sp³-hybridized carbons (Fsp3) is 0.565. The minimum Gasteiger partial charge on any atom is -0.388 e. The fourth-order valence-corrected chi connectivity index (χ4v) is 8.98. The van der Waals surface area contributed by atoms with Crippen LogP contribution in [-0.4, -0.2) is 91.6 Å². The van der Waals surface area contributed by atoms with E-state index in [-0.39, 0.29) is 36.0 Å². The molecule has 2 bridgehead atoms. The maximum absolute atomic E-state index is 13.5. The van der Waals surface area contributed by atoms with Crippen LogP contribution in [0.2, 0.25) is 0 Å². The number of nitrogen functional groups attached to an aromatic ring is 2. The van der Waals surface area contributed by atoms with Gasteiger partial charge in [-0.1, -0.05) is 13.8 Å². The number of aliphatic hydroxyl groups is 1. The number of nitrogens with one attached hydrogen (secondary N) is 1. The average Bonchev–Trinajstić information content (AvgIpc) is 3.73. The third kappa shape index (κ3) is 5.34. The largest absolute Gasteiger partial charge is 0.472 e. The number of hydrogen-bond acceptors (Lipinski definition) is 16. The molecule has 2 unspecified atom stereocenters. The maximum Gasteiger partial charge on any atom is 0.472 e. The van der Waals surface area contributed by atoms with Crippen molar-refractivity contribution in [1.82, 2.24) is 39.0 Å². The molecule has 46 heavy (non-hydrogen) atoms. The van der Waals surface area contributed by atoms with Crippen molar-refractivity contribution in [3.63, 3.8) is 0 Å². The monoisotopic (exact) mass is 700 g/mol. The molecule has 6 heterocycles. The predicted octanol–water partition coefficient (Wildman–Crippen LogP) is 0.104.